The Hall–Kier alpha value is -1.14. The molecule has 4 nitrogen and oxygen atoms in total. The highest BCUT2D eigenvalue weighted by Gasteiger charge is 2.25. The number of halogens is 1. The molecule has 0 radical (unpaired) electrons. The lowest BCUT2D eigenvalue weighted by atomic mass is 10.1. The number of nitrogens with zero attached hydrogens (tertiary/aromatic N) is 4. The van der Waals surface area contributed by atoms with Crippen molar-refractivity contribution < 1.29 is 0 Å². The zero-order valence-electron chi connectivity index (χ0n) is 9.20. The van der Waals surface area contributed by atoms with Crippen LogP contribution in [0.4, 0.5) is 0 Å². The lowest BCUT2D eigenvalue weighted by Gasteiger charge is -2.18. The van der Waals surface area contributed by atoms with E-state index in [0.717, 1.165) is 22.3 Å². The van der Waals surface area contributed by atoms with Crippen LogP contribution in [-0.2, 0) is 0 Å². The second kappa shape index (κ2) is 5.01. The Balaban J connectivity index is 0.00000108. The fourth-order valence-corrected chi connectivity index (χ4v) is 2.27. The van der Waals surface area contributed by atoms with Gasteiger partial charge in [0.15, 0.2) is 0 Å². The Morgan fingerprint density at radius 3 is 2.76 bits per heavy atom. The average Bonchev–Trinajstić information content (AvgIpc) is 2.72. The molecule has 0 fully saturated rings. The van der Waals surface area contributed by atoms with Gasteiger partial charge in [0.2, 0.25) is 5.17 Å². The van der Waals surface area contributed by atoms with E-state index in [2.05, 4.69) is 26.6 Å². The predicted octanol–water partition coefficient (Wildman–Crippen LogP) is 2.72. The third kappa shape index (κ3) is 2.28. The standard InChI is InChI=1S/C11H10N4S.BrH/c1-8-14-16-11-12-7-10(13-15(8)11)9-5-3-2-4-6-9;/h2-6H,7H2,1H3;1H. The van der Waals surface area contributed by atoms with Gasteiger partial charge in [-0.05, 0) is 12.5 Å². The number of rotatable bonds is 1. The molecule has 0 aliphatic carbocycles. The van der Waals surface area contributed by atoms with Crippen molar-refractivity contribution in [2.24, 2.45) is 14.5 Å². The summed E-state index contributed by atoms with van der Waals surface area (Å²) >= 11 is 1.39. The highest BCUT2D eigenvalue weighted by molar-refractivity contribution is 8.93. The molecule has 0 atom stereocenters. The molecule has 0 aromatic heterocycles. The lowest BCUT2D eigenvalue weighted by Crippen LogP contribution is -2.30. The van der Waals surface area contributed by atoms with Gasteiger partial charge >= 0.3 is 0 Å². The lowest BCUT2D eigenvalue weighted by molar-refractivity contribution is 0.661. The molecule has 1 aromatic carbocycles. The summed E-state index contributed by atoms with van der Waals surface area (Å²) in [5, 5.41) is 7.24. The number of hydrogen-bond acceptors (Lipinski definition) is 5. The maximum atomic E-state index is 4.56. The summed E-state index contributed by atoms with van der Waals surface area (Å²) in [6, 6.07) is 10.1. The van der Waals surface area contributed by atoms with Crippen molar-refractivity contribution in [1.82, 2.24) is 5.01 Å². The smallest absolute Gasteiger partial charge is 0.209 e. The van der Waals surface area contributed by atoms with E-state index in [1.807, 2.05) is 25.1 Å². The topological polar surface area (TPSA) is 40.3 Å². The summed E-state index contributed by atoms with van der Waals surface area (Å²) in [7, 11) is 0. The first-order valence-corrected chi connectivity index (χ1v) is 5.81. The van der Waals surface area contributed by atoms with Gasteiger partial charge in [0.05, 0.1) is 24.2 Å². The second-order valence-corrected chi connectivity index (χ2v) is 4.28. The molecule has 2 heterocycles. The van der Waals surface area contributed by atoms with Gasteiger partial charge in [-0.15, -0.1) is 17.0 Å². The highest BCUT2D eigenvalue weighted by Crippen LogP contribution is 2.23. The van der Waals surface area contributed by atoms with E-state index in [-0.39, 0.29) is 17.0 Å². The Bertz CT molecular complexity index is 509. The van der Waals surface area contributed by atoms with E-state index >= 15 is 0 Å². The summed E-state index contributed by atoms with van der Waals surface area (Å²) < 4.78 is 4.23. The van der Waals surface area contributed by atoms with E-state index < -0.39 is 0 Å². The van der Waals surface area contributed by atoms with Crippen LogP contribution in [-0.4, -0.2) is 28.3 Å². The predicted molar refractivity (Wildman–Crippen MR) is 78.1 cm³/mol. The molecule has 0 spiro atoms. The Morgan fingerprint density at radius 2 is 2.00 bits per heavy atom. The van der Waals surface area contributed by atoms with Crippen LogP contribution in [0, 0.1) is 0 Å². The SMILES string of the molecule is Br.CC1=NSC2=NCC(c3ccccc3)=NN12. The maximum Gasteiger partial charge on any atom is 0.209 e. The molecule has 2 aliphatic heterocycles. The molecular weight excluding hydrogens is 300 g/mol. The van der Waals surface area contributed by atoms with Gasteiger partial charge in [-0.1, -0.05) is 30.3 Å². The minimum Gasteiger partial charge on any atom is -0.253 e. The van der Waals surface area contributed by atoms with Crippen molar-refractivity contribution >= 4 is 45.6 Å². The van der Waals surface area contributed by atoms with Crippen molar-refractivity contribution in [3.63, 3.8) is 0 Å². The summed E-state index contributed by atoms with van der Waals surface area (Å²) in [4.78, 5) is 4.46. The van der Waals surface area contributed by atoms with E-state index in [1.54, 1.807) is 5.01 Å². The van der Waals surface area contributed by atoms with E-state index in [9.17, 15) is 0 Å². The van der Waals surface area contributed by atoms with Crippen LogP contribution in [0.25, 0.3) is 0 Å². The molecule has 6 heteroatoms. The monoisotopic (exact) mass is 310 g/mol. The normalized spacial score (nSPS) is 17.7. The number of fused-ring (bicyclic) bond motifs is 1. The largest absolute Gasteiger partial charge is 0.253 e. The van der Waals surface area contributed by atoms with Gasteiger partial charge in [0.25, 0.3) is 0 Å². The van der Waals surface area contributed by atoms with E-state index in [0.29, 0.717) is 6.54 Å². The van der Waals surface area contributed by atoms with Gasteiger partial charge in [-0.2, -0.15) is 14.5 Å². The van der Waals surface area contributed by atoms with Crippen LogP contribution >= 0.6 is 28.9 Å². The quantitative estimate of drug-likeness (QED) is 0.748. The minimum absolute atomic E-state index is 0. The summed E-state index contributed by atoms with van der Waals surface area (Å²) in [6.45, 7) is 2.57. The van der Waals surface area contributed by atoms with Crippen LogP contribution in [0.15, 0.2) is 44.8 Å². The number of hydrogen-bond donors (Lipinski definition) is 0. The number of amidine groups is 2. The van der Waals surface area contributed by atoms with Gasteiger partial charge in [-0.3, -0.25) is 4.99 Å². The van der Waals surface area contributed by atoms with Crippen molar-refractivity contribution in [1.29, 1.82) is 0 Å². The van der Waals surface area contributed by atoms with Crippen molar-refractivity contribution in [3.8, 4) is 0 Å². The van der Waals surface area contributed by atoms with Crippen LogP contribution in [0.5, 0.6) is 0 Å². The molecule has 0 saturated heterocycles. The molecule has 0 unspecified atom stereocenters. The van der Waals surface area contributed by atoms with Crippen molar-refractivity contribution in [2.75, 3.05) is 6.54 Å². The molecule has 1 aromatic rings. The van der Waals surface area contributed by atoms with E-state index in [4.69, 9.17) is 0 Å². The van der Waals surface area contributed by atoms with Gasteiger partial charge in [-0.25, -0.2) is 0 Å². The highest BCUT2D eigenvalue weighted by atomic mass is 79.9. The Labute approximate surface area is 114 Å². The Morgan fingerprint density at radius 1 is 1.24 bits per heavy atom. The van der Waals surface area contributed by atoms with Gasteiger partial charge in [0.1, 0.15) is 5.84 Å². The van der Waals surface area contributed by atoms with Gasteiger partial charge < -0.3 is 0 Å². The minimum atomic E-state index is 0. The average molecular weight is 311 g/mol. The van der Waals surface area contributed by atoms with Gasteiger partial charge in [0, 0.05) is 0 Å². The summed E-state index contributed by atoms with van der Waals surface area (Å²) in [5.41, 5.74) is 2.11. The molecule has 3 rings (SSSR count). The third-order valence-corrected chi connectivity index (χ3v) is 3.26. The molecule has 17 heavy (non-hydrogen) atoms. The number of benzene rings is 1. The molecule has 0 saturated carbocycles. The molecule has 0 bridgehead atoms. The van der Waals surface area contributed by atoms with Crippen molar-refractivity contribution in [3.05, 3.63) is 35.9 Å². The molecule has 0 N–H and O–H groups in total. The van der Waals surface area contributed by atoms with Crippen LogP contribution < -0.4 is 0 Å². The Kier molecular flexibility index (Phi) is 3.63. The zero-order chi connectivity index (χ0) is 11.0. The second-order valence-electron chi connectivity index (χ2n) is 3.55. The third-order valence-electron chi connectivity index (χ3n) is 2.44. The molecular formula is C11H11BrN4S. The molecule has 2 aliphatic rings. The number of hydrazone groups is 1. The van der Waals surface area contributed by atoms with Crippen molar-refractivity contribution in [2.45, 2.75) is 6.92 Å². The fourth-order valence-electron chi connectivity index (χ4n) is 1.61. The summed E-state index contributed by atoms with van der Waals surface area (Å²) in [5.74, 6) is 0.886. The zero-order valence-corrected chi connectivity index (χ0v) is 11.7. The molecule has 0 amide bonds. The van der Waals surface area contributed by atoms with Crippen LogP contribution in [0.3, 0.4) is 0 Å². The number of aliphatic imine (C=N–C) groups is 1. The van der Waals surface area contributed by atoms with Crippen LogP contribution in [0.1, 0.15) is 12.5 Å². The maximum absolute atomic E-state index is 4.56. The first-order valence-electron chi connectivity index (χ1n) is 5.04. The first-order chi connectivity index (χ1) is 7.84. The van der Waals surface area contributed by atoms with E-state index in [1.165, 1.54) is 11.9 Å². The van der Waals surface area contributed by atoms with Crippen LogP contribution in [0.2, 0.25) is 0 Å². The summed E-state index contributed by atoms with van der Waals surface area (Å²) in [6.07, 6.45) is 0. The first kappa shape index (κ1) is 12.3. The fraction of sp³-hybridized carbons (Fsp3) is 0.182. The molecule has 88 valence electrons.